The van der Waals surface area contributed by atoms with Gasteiger partial charge in [-0.15, -0.1) is 12.3 Å². The maximum absolute atomic E-state index is 12.9. The molecule has 3 heterocycles. The Labute approximate surface area is 258 Å². The number of esters is 3. The van der Waals surface area contributed by atoms with Gasteiger partial charge in [0, 0.05) is 39.5 Å². The van der Waals surface area contributed by atoms with Gasteiger partial charge in [0.05, 0.1) is 6.61 Å². The Morgan fingerprint density at radius 3 is 2.09 bits per heavy atom. The van der Waals surface area contributed by atoms with Crippen LogP contribution in [0.5, 0.6) is 0 Å². The number of nitrogens with zero attached hydrogens (tertiary/aromatic N) is 1. The average Bonchev–Trinajstić information content (AvgIpc) is 3.19. The molecule has 1 aromatic rings. The maximum atomic E-state index is 12.9. The Bertz CT molecular complexity index is 1550. The molecule has 0 amide bonds. The van der Waals surface area contributed by atoms with Crippen LogP contribution in [0, 0.1) is 12.3 Å². The predicted molar refractivity (Wildman–Crippen MR) is 144 cm³/mol. The van der Waals surface area contributed by atoms with Crippen molar-refractivity contribution in [1.29, 1.82) is 0 Å². The first-order valence-corrected chi connectivity index (χ1v) is 16.0. The summed E-state index contributed by atoms with van der Waals surface area (Å²) < 4.78 is 66.1. The Hall–Kier alpha value is -3.25. The molecule has 0 radical (unpaired) electrons. The van der Waals surface area contributed by atoms with Crippen LogP contribution in [0.15, 0.2) is 21.9 Å². The van der Waals surface area contributed by atoms with Gasteiger partial charge in [-0.05, 0) is 0 Å². The van der Waals surface area contributed by atoms with Crippen LogP contribution in [0.2, 0.25) is 0 Å². The number of aliphatic hydroxyl groups excluding tert-OH is 2. The first-order valence-electron chi connectivity index (χ1n) is 13.0. The average molecular weight is 700 g/mol. The minimum atomic E-state index is -5.76. The lowest BCUT2D eigenvalue weighted by Crippen LogP contribution is -2.61. The molecule has 0 saturated carbocycles. The van der Waals surface area contributed by atoms with Crippen LogP contribution in [0.4, 0.5) is 0 Å². The molecular weight excluding hydrogens is 670 g/mol. The lowest BCUT2D eigenvalue weighted by Gasteiger charge is -2.43. The molecule has 11 atom stereocenters. The largest absolute Gasteiger partial charge is 0.483 e. The number of aromatic nitrogens is 2. The summed E-state index contributed by atoms with van der Waals surface area (Å²) >= 11 is 0. The van der Waals surface area contributed by atoms with E-state index in [1.807, 2.05) is 4.98 Å². The van der Waals surface area contributed by atoms with E-state index in [1.165, 1.54) is 0 Å². The third kappa shape index (κ3) is 9.63. The number of hydrogen-bond donors (Lipinski definition) is 5. The molecule has 2 aliphatic heterocycles. The number of H-pyrrole nitrogens is 1. The fourth-order valence-corrected chi connectivity index (χ4v) is 6.57. The van der Waals surface area contributed by atoms with Gasteiger partial charge in [0.15, 0.2) is 24.5 Å². The molecular formula is C23H30N2O19P2. The van der Waals surface area contributed by atoms with Gasteiger partial charge < -0.3 is 43.7 Å². The molecule has 7 unspecified atom stereocenters. The third-order valence-corrected chi connectivity index (χ3v) is 8.72. The van der Waals surface area contributed by atoms with Crippen molar-refractivity contribution in [2.45, 2.75) is 82.4 Å². The van der Waals surface area contributed by atoms with Crippen LogP contribution in [0.3, 0.4) is 0 Å². The van der Waals surface area contributed by atoms with E-state index in [0.29, 0.717) is 4.57 Å². The molecule has 0 bridgehead atoms. The summed E-state index contributed by atoms with van der Waals surface area (Å²) in [4.78, 5) is 81.2. The first-order chi connectivity index (χ1) is 21.3. The lowest BCUT2D eigenvalue weighted by molar-refractivity contribution is -0.285. The van der Waals surface area contributed by atoms with E-state index < -0.39 is 107 Å². The number of phosphoric ester groups is 2. The van der Waals surface area contributed by atoms with Crippen molar-refractivity contribution in [2.24, 2.45) is 0 Å². The molecule has 46 heavy (non-hydrogen) atoms. The molecule has 0 aliphatic carbocycles. The number of aliphatic hydroxyl groups is 2. The normalized spacial score (nSPS) is 31.9. The van der Waals surface area contributed by atoms with Gasteiger partial charge in [-0.2, -0.15) is 4.31 Å². The fourth-order valence-electron chi connectivity index (χ4n) is 4.42. The summed E-state index contributed by atoms with van der Waals surface area (Å²) in [6.45, 7) is 1.77. The highest BCUT2D eigenvalue weighted by atomic mass is 31.3. The smallest absolute Gasteiger partial charge is 0.456 e. The van der Waals surface area contributed by atoms with Gasteiger partial charge in [-0.1, -0.05) is 0 Å². The Morgan fingerprint density at radius 2 is 1.52 bits per heavy atom. The van der Waals surface area contributed by atoms with Crippen LogP contribution in [-0.4, -0.2) is 103 Å². The number of ether oxygens (including phenoxy) is 5. The Kier molecular flexibility index (Phi) is 12.2. The van der Waals surface area contributed by atoms with Crippen molar-refractivity contribution in [3.63, 3.8) is 0 Å². The van der Waals surface area contributed by atoms with Gasteiger partial charge >= 0.3 is 39.2 Å². The van der Waals surface area contributed by atoms with Gasteiger partial charge in [-0.25, -0.2) is 13.9 Å². The highest BCUT2D eigenvalue weighted by molar-refractivity contribution is 7.61. The second-order valence-corrected chi connectivity index (χ2v) is 12.7. The summed E-state index contributed by atoms with van der Waals surface area (Å²) in [6, 6.07) is 0.921. The number of terminal acetylenes is 1. The highest BCUT2D eigenvalue weighted by Gasteiger charge is 2.55. The zero-order valence-electron chi connectivity index (χ0n) is 24.1. The molecule has 3 rings (SSSR count). The van der Waals surface area contributed by atoms with E-state index in [-0.39, 0.29) is 6.42 Å². The second-order valence-electron chi connectivity index (χ2n) is 9.66. The van der Waals surface area contributed by atoms with E-state index in [0.717, 1.165) is 33.0 Å². The Balaban J connectivity index is 1.77. The van der Waals surface area contributed by atoms with Crippen LogP contribution in [-0.2, 0) is 60.6 Å². The molecule has 1 aromatic heterocycles. The van der Waals surface area contributed by atoms with E-state index >= 15 is 0 Å². The summed E-state index contributed by atoms with van der Waals surface area (Å²) in [5.41, 5.74) is -1.78. The molecule has 2 fully saturated rings. The highest BCUT2D eigenvalue weighted by Crippen LogP contribution is 2.61. The quantitative estimate of drug-likeness (QED) is 0.0678. The summed E-state index contributed by atoms with van der Waals surface area (Å²) in [5, 5.41) is 20.6. The van der Waals surface area contributed by atoms with Gasteiger partial charge in [-0.3, -0.25) is 37.8 Å². The number of carbonyl (C=O) groups is 3. The molecule has 21 nitrogen and oxygen atoms in total. The van der Waals surface area contributed by atoms with Crippen molar-refractivity contribution < 1.29 is 80.6 Å². The van der Waals surface area contributed by atoms with Crippen molar-refractivity contribution in [3.8, 4) is 12.3 Å². The maximum Gasteiger partial charge on any atom is 0.483 e. The van der Waals surface area contributed by atoms with Crippen molar-refractivity contribution in [1.82, 2.24) is 9.55 Å². The van der Waals surface area contributed by atoms with Crippen molar-refractivity contribution in [3.05, 3.63) is 33.1 Å². The fraction of sp³-hybridized carbons (Fsp3) is 0.609. The standard InChI is InChI=1S/C23H30N2O19P2/c1-5-6-13-18(38-10(2)26)19(39-11(3)27)20(40-12(4)28)22(42-13)43-46(35,36)44-45(33,34)37-9-14-16(30)17(31)21(41-14)25-8-7-15(29)24-23(25)32/h1,7-8,13-14,16-22,30-31H,6,9H2,2-4H3,(H,33,34)(H,35,36)(H,24,29,32)/t13?,14-,16?,17?,18+,19?,20?,21-,22-/m1/s1. The zero-order chi connectivity index (χ0) is 34.6. The molecule has 2 saturated heterocycles. The number of hydrogen-bond acceptors (Lipinski definition) is 17. The lowest BCUT2D eigenvalue weighted by atomic mass is 9.96. The second kappa shape index (κ2) is 15.1. The summed E-state index contributed by atoms with van der Waals surface area (Å²) in [7, 11) is -11.4. The van der Waals surface area contributed by atoms with Crippen LogP contribution >= 0.6 is 15.6 Å². The molecule has 5 N–H and O–H groups in total. The van der Waals surface area contributed by atoms with E-state index in [1.54, 1.807) is 0 Å². The first kappa shape index (κ1) is 37.2. The summed E-state index contributed by atoms with van der Waals surface area (Å²) in [5.74, 6) is -0.746. The minimum Gasteiger partial charge on any atom is -0.456 e. The number of rotatable bonds is 12. The summed E-state index contributed by atoms with van der Waals surface area (Å²) in [6.07, 6.45) is -9.70. The van der Waals surface area contributed by atoms with E-state index in [9.17, 15) is 53.1 Å². The SMILES string of the molecule is C#CCC1O[C@H](OP(=O)(O)OP(=O)(O)OC[C@H]2O[C@@H](n3ccc(=O)[nH]c3=O)C(O)C2O)C(OC(C)=O)C(OC(C)=O)[C@H]1OC(C)=O. The van der Waals surface area contributed by atoms with Crippen LogP contribution in [0.1, 0.15) is 33.4 Å². The predicted octanol–water partition coefficient (Wildman–Crippen LogP) is -2.05. The molecule has 23 heteroatoms. The van der Waals surface area contributed by atoms with Gasteiger partial charge in [0.1, 0.15) is 24.4 Å². The number of aromatic amines is 1. The number of phosphoric acid groups is 2. The van der Waals surface area contributed by atoms with Gasteiger partial charge in [0.25, 0.3) is 5.56 Å². The number of nitrogens with one attached hydrogen (secondary N) is 1. The molecule has 256 valence electrons. The zero-order valence-corrected chi connectivity index (χ0v) is 25.9. The van der Waals surface area contributed by atoms with Gasteiger partial charge in [0.2, 0.25) is 6.29 Å². The van der Waals surface area contributed by atoms with Crippen molar-refractivity contribution in [2.75, 3.05) is 6.61 Å². The number of carbonyl (C=O) groups excluding carboxylic acids is 3. The van der Waals surface area contributed by atoms with Crippen LogP contribution < -0.4 is 11.2 Å². The van der Waals surface area contributed by atoms with E-state index in [2.05, 4.69) is 14.8 Å². The Morgan fingerprint density at radius 1 is 0.935 bits per heavy atom. The van der Waals surface area contributed by atoms with Crippen molar-refractivity contribution >= 4 is 33.6 Å². The topological polar surface area (TPSA) is 295 Å². The monoisotopic (exact) mass is 700 g/mol. The molecule has 0 spiro atoms. The molecule has 2 aliphatic rings. The minimum absolute atomic E-state index is 0.373. The third-order valence-electron chi connectivity index (χ3n) is 6.12. The van der Waals surface area contributed by atoms with Crippen LogP contribution in [0.25, 0.3) is 0 Å². The van der Waals surface area contributed by atoms with E-state index in [4.69, 9.17) is 34.6 Å². The molecule has 0 aromatic carbocycles.